The van der Waals surface area contributed by atoms with Gasteiger partial charge < -0.3 is 10.6 Å². The maximum atomic E-state index is 12.8. The number of carbonyl (C=O) groups excluding carboxylic acids is 1. The fraction of sp³-hybridized carbons (Fsp3) is 0.211. The predicted molar refractivity (Wildman–Crippen MR) is 92.6 cm³/mol. The van der Waals surface area contributed by atoms with Crippen molar-refractivity contribution >= 4 is 17.8 Å². The van der Waals surface area contributed by atoms with Gasteiger partial charge in [-0.25, -0.2) is 9.18 Å². The zero-order valence-electron chi connectivity index (χ0n) is 13.2. The van der Waals surface area contributed by atoms with Crippen molar-refractivity contribution in [2.75, 3.05) is 5.32 Å². The fourth-order valence-electron chi connectivity index (χ4n) is 2.09. The number of carbonyl (C=O) groups is 1. The maximum Gasteiger partial charge on any atom is 0.323 e. The Morgan fingerprint density at radius 2 is 1.78 bits per heavy atom. The molecule has 4 heteroatoms. The molecule has 2 aromatic rings. The number of hydrogen-bond donors (Lipinski definition) is 2. The second kappa shape index (κ2) is 8.73. The normalized spacial score (nSPS) is 10.7. The van der Waals surface area contributed by atoms with Crippen LogP contribution < -0.4 is 10.6 Å². The molecule has 0 saturated carbocycles. The number of unbranched alkanes of at least 4 members (excludes halogenated alkanes) is 1. The molecular weight excluding hydrogens is 291 g/mol. The minimum Gasteiger partial charge on any atom is -0.314 e. The second-order valence-corrected chi connectivity index (χ2v) is 5.28. The average Bonchev–Trinajstić information content (AvgIpc) is 2.56. The summed E-state index contributed by atoms with van der Waals surface area (Å²) in [5.74, 6) is -0.282. The van der Waals surface area contributed by atoms with Crippen molar-refractivity contribution in [3.8, 4) is 0 Å². The third kappa shape index (κ3) is 5.94. The molecule has 0 fully saturated rings. The second-order valence-electron chi connectivity index (χ2n) is 5.28. The van der Waals surface area contributed by atoms with Gasteiger partial charge in [-0.15, -0.1) is 0 Å². The summed E-state index contributed by atoms with van der Waals surface area (Å²) in [6.07, 6.45) is 6.62. The van der Waals surface area contributed by atoms with E-state index in [0.717, 1.165) is 17.7 Å². The third-order valence-electron chi connectivity index (χ3n) is 3.39. The summed E-state index contributed by atoms with van der Waals surface area (Å²) in [6, 6.07) is 13.6. The lowest BCUT2D eigenvalue weighted by Crippen LogP contribution is -2.23. The lowest BCUT2D eigenvalue weighted by molar-refractivity contribution is 0.255. The van der Waals surface area contributed by atoms with Gasteiger partial charge in [0.2, 0.25) is 0 Å². The molecule has 0 saturated heterocycles. The zero-order chi connectivity index (χ0) is 16.5. The van der Waals surface area contributed by atoms with Crippen LogP contribution in [-0.4, -0.2) is 6.03 Å². The molecule has 0 unspecified atom stereocenters. The molecule has 0 aliphatic heterocycles. The Morgan fingerprint density at radius 3 is 2.43 bits per heavy atom. The fourth-order valence-corrected chi connectivity index (χ4v) is 2.09. The van der Waals surface area contributed by atoms with Gasteiger partial charge >= 0.3 is 6.03 Å². The largest absolute Gasteiger partial charge is 0.323 e. The number of hydrogen-bond acceptors (Lipinski definition) is 1. The number of urea groups is 1. The first-order valence-corrected chi connectivity index (χ1v) is 7.76. The van der Waals surface area contributed by atoms with E-state index in [1.165, 1.54) is 36.7 Å². The molecule has 23 heavy (non-hydrogen) atoms. The van der Waals surface area contributed by atoms with E-state index in [1.54, 1.807) is 18.2 Å². The van der Waals surface area contributed by atoms with Crippen LogP contribution >= 0.6 is 0 Å². The summed E-state index contributed by atoms with van der Waals surface area (Å²) in [7, 11) is 0. The van der Waals surface area contributed by atoms with Gasteiger partial charge in [-0.05, 0) is 54.3 Å². The van der Waals surface area contributed by atoms with Gasteiger partial charge in [0, 0.05) is 11.9 Å². The van der Waals surface area contributed by atoms with Crippen LogP contribution in [0.2, 0.25) is 0 Å². The number of aryl methyl sites for hydroxylation is 1. The van der Waals surface area contributed by atoms with E-state index in [0.29, 0.717) is 0 Å². The summed E-state index contributed by atoms with van der Waals surface area (Å²) in [4.78, 5) is 11.8. The summed E-state index contributed by atoms with van der Waals surface area (Å²) in [6.45, 7) is 2.17. The Kier molecular flexibility index (Phi) is 6.36. The Balaban J connectivity index is 1.81. The Morgan fingerprint density at radius 1 is 1.09 bits per heavy atom. The predicted octanol–water partition coefficient (Wildman–Crippen LogP) is 4.96. The molecule has 0 spiro atoms. The summed E-state index contributed by atoms with van der Waals surface area (Å²) in [5.41, 5.74) is 2.83. The molecule has 3 nitrogen and oxygen atoms in total. The quantitative estimate of drug-likeness (QED) is 0.777. The van der Waals surface area contributed by atoms with Crippen molar-refractivity contribution in [3.63, 3.8) is 0 Å². The minimum absolute atomic E-state index is 0.282. The summed E-state index contributed by atoms with van der Waals surface area (Å²) >= 11 is 0. The summed E-state index contributed by atoms with van der Waals surface area (Å²) < 4.78 is 12.8. The molecule has 0 heterocycles. The number of halogens is 1. The monoisotopic (exact) mass is 312 g/mol. The molecule has 2 aromatic carbocycles. The van der Waals surface area contributed by atoms with Crippen LogP contribution in [0.5, 0.6) is 0 Å². The van der Waals surface area contributed by atoms with Crippen LogP contribution in [-0.2, 0) is 6.42 Å². The standard InChI is InChI=1S/C19H21FN2O/c1-2-3-4-15-7-11-18(12-8-15)22-19(23)21-14-13-16-5-9-17(20)10-6-16/h5-14H,2-4H2,1H3,(H2,21,22,23)/b14-13+. The van der Waals surface area contributed by atoms with Gasteiger partial charge in [-0.2, -0.15) is 0 Å². The first-order chi connectivity index (χ1) is 11.2. The van der Waals surface area contributed by atoms with E-state index >= 15 is 0 Å². The average molecular weight is 312 g/mol. The number of anilines is 1. The van der Waals surface area contributed by atoms with Crippen molar-refractivity contribution in [1.82, 2.24) is 5.32 Å². The first-order valence-electron chi connectivity index (χ1n) is 7.76. The van der Waals surface area contributed by atoms with E-state index in [4.69, 9.17) is 0 Å². The van der Waals surface area contributed by atoms with Gasteiger partial charge in [0.15, 0.2) is 0 Å². The Bertz CT molecular complexity index is 648. The molecule has 0 radical (unpaired) electrons. The van der Waals surface area contributed by atoms with Gasteiger partial charge in [0.05, 0.1) is 0 Å². The zero-order valence-corrected chi connectivity index (χ0v) is 13.2. The third-order valence-corrected chi connectivity index (χ3v) is 3.39. The van der Waals surface area contributed by atoms with Crippen LogP contribution in [0.1, 0.15) is 30.9 Å². The van der Waals surface area contributed by atoms with Crippen molar-refractivity contribution < 1.29 is 9.18 Å². The first kappa shape index (κ1) is 16.7. The minimum atomic E-state index is -0.315. The highest BCUT2D eigenvalue weighted by atomic mass is 19.1. The van der Waals surface area contributed by atoms with Crippen LogP contribution in [0.4, 0.5) is 14.9 Å². The van der Waals surface area contributed by atoms with E-state index in [9.17, 15) is 9.18 Å². The smallest absolute Gasteiger partial charge is 0.314 e. The Labute approximate surface area is 136 Å². The number of amides is 2. The molecule has 0 atom stereocenters. The highest BCUT2D eigenvalue weighted by Gasteiger charge is 1.99. The molecule has 0 aliphatic rings. The summed E-state index contributed by atoms with van der Waals surface area (Å²) in [5, 5.41) is 5.38. The Hall–Kier alpha value is -2.62. The lowest BCUT2D eigenvalue weighted by atomic mass is 10.1. The molecule has 0 aromatic heterocycles. The van der Waals surface area contributed by atoms with E-state index in [1.807, 2.05) is 24.3 Å². The molecule has 2 rings (SSSR count). The van der Waals surface area contributed by atoms with Crippen LogP contribution in [0, 0.1) is 5.82 Å². The van der Waals surface area contributed by atoms with Gasteiger partial charge in [0.1, 0.15) is 5.82 Å². The van der Waals surface area contributed by atoms with Crippen molar-refractivity contribution in [1.29, 1.82) is 0 Å². The van der Waals surface area contributed by atoms with E-state index in [-0.39, 0.29) is 11.8 Å². The van der Waals surface area contributed by atoms with Crippen molar-refractivity contribution in [2.24, 2.45) is 0 Å². The highest BCUT2D eigenvalue weighted by Crippen LogP contribution is 2.11. The van der Waals surface area contributed by atoms with E-state index in [2.05, 4.69) is 17.6 Å². The lowest BCUT2D eigenvalue weighted by Gasteiger charge is -2.06. The number of nitrogens with one attached hydrogen (secondary N) is 2. The van der Waals surface area contributed by atoms with Crippen LogP contribution in [0.25, 0.3) is 6.08 Å². The highest BCUT2D eigenvalue weighted by molar-refractivity contribution is 5.90. The van der Waals surface area contributed by atoms with Crippen LogP contribution in [0.3, 0.4) is 0 Å². The maximum absolute atomic E-state index is 12.8. The topological polar surface area (TPSA) is 41.1 Å². The molecule has 120 valence electrons. The van der Waals surface area contributed by atoms with E-state index < -0.39 is 0 Å². The molecule has 2 amide bonds. The number of rotatable bonds is 6. The van der Waals surface area contributed by atoms with Crippen molar-refractivity contribution in [2.45, 2.75) is 26.2 Å². The SMILES string of the molecule is CCCCc1ccc(NC(=O)N/C=C/c2ccc(F)cc2)cc1. The van der Waals surface area contributed by atoms with Gasteiger partial charge in [-0.3, -0.25) is 0 Å². The van der Waals surface area contributed by atoms with Gasteiger partial charge in [0.25, 0.3) is 0 Å². The number of benzene rings is 2. The molecule has 0 bridgehead atoms. The van der Waals surface area contributed by atoms with Crippen molar-refractivity contribution in [3.05, 3.63) is 71.7 Å². The molecule has 0 aliphatic carbocycles. The molecule has 2 N–H and O–H groups in total. The van der Waals surface area contributed by atoms with Gasteiger partial charge in [-0.1, -0.05) is 37.6 Å². The van der Waals surface area contributed by atoms with Crippen LogP contribution in [0.15, 0.2) is 54.7 Å². The molecular formula is C19H21FN2O.